The summed E-state index contributed by atoms with van der Waals surface area (Å²) >= 11 is 0. The van der Waals surface area contributed by atoms with Crippen LogP contribution < -0.4 is 4.74 Å². The molecule has 0 aliphatic heterocycles. The maximum absolute atomic E-state index is 10.9. The fourth-order valence-corrected chi connectivity index (χ4v) is 1.70. The highest BCUT2D eigenvalue weighted by molar-refractivity contribution is 5.75. The summed E-state index contributed by atoms with van der Waals surface area (Å²) in [4.78, 5) is 10.9. The lowest BCUT2D eigenvalue weighted by Gasteiger charge is -2.21. The monoisotopic (exact) mass is 224 g/mol. The van der Waals surface area contributed by atoms with Gasteiger partial charge in [-0.3, -0.25) is 0 Å². The van der Waals surface area contributed by atoms with E-state index in [1.54, 1.807) is 14.0 Å². The fourth-order valence-electron chi connectivity index (χ4n) is 1.70. The van der Waals surface area contributed by atoms with Crippen LogP contribution >= 0.6 is 0 Å². The van der Waals surface area contributed by atoms with Gasteiger partial charge in [-0.1, -0.05) is 13.8 Å². The van der Waals surface area contributed by atoms with Crippen molar-refractivity contribution in [3.05, 3.63) is 17.9 Å². The molecule has 0 saturated carbocycles. The first-order valence-corrected chi connectivity index (χ1v) is 5.59. The van der Waals surface area contributed by atoms with Crippen LogP contribution in [0, 0.1) is 0 Å². The number of ether oxygens (including phenoxy) is 1. The summed E-state index contributed by atoms with van der Waals surface area (Å²) in [6, 6.07) is 3.76. The SMILES string of the molecule is COc1ccc(C(C)(C)CCCC(C)=O)o1. The molecule has 1 aromatic heterocycles. The number of hydrogen-bond acceptors (Lipinski definition) is 3. The summed E-state index contributed by atoms with van der Waals surface area (Å²) in [5.74, 6) is 1.69. The van der Waals surface area contributed by atoms with Gasteiger partial charge in [0.1, 0.15) is 11.5 Å². The second-order valence-electron chi connectivity index (χ2n) is 4.76. The first-order chi connectivity index (χ1) is 7.45. The topological polar surface area (TPSA) is 39.4 Å². The minimum atomic E-state index is -0.0494. The van der Waals surface area contributed by atoms with Crippen LogP contribution in [0.25, 0.3) is 0 Å². The highest BCUT2D eigenvalue weighted by atomic mass is 16.6. The number of methoxy groups -OCH3 is 1. The van der Waals surface area contributed by atoms with Crippen LogP contribution in [0.4, 0.5) is 0 Å². The van der Waals surface area contributed by atoms with Crippen LogP contribution in [0.5, 0.6) is 5.95 Å². The minimum absolute atomic E-state index is 0.0494. The van der Waals surface area contributed by atoms with Crippen LogP contribution in [-0.2, 0) is 10.2 Å². The molecule has 0 unspecified atom stereocenters. The zero-order valence-electron chi connectivity index (χ0n) is 10.5. The lowest BCUT2D eigenvalue weighted by Crippen LogP contribution is -2.16. The predicted octanol–water partition coefficient (Wildman–Crippen LogP) is 3.33. The third-order valence-corrected chi connectivity index (χ3v) is 2.78. The van der Waals surface area contributed by atoms with E-state index in [1.807, 2.05) is 12.1 Å². The molecular formula is C13H20O3. The van der Waals surface area contributed by atoms with E-state index in [-0.39, 0.29) is 11.2 Å². The molecule has 0 bridgehead atoms. The van der Waals surface area contributed by atoms with Crippen molar-refractivity contribution < 1.29 is 13.9 Å². The molecule has 0 spiro atoms. The molecule has 0 aliphatic carbocycles. The smallest absolute Gasteiger partial charge is 0.284 e. The Hall–Kier alpha value is -1.25. The van der Waals surface area contributed by atoms with Gasteiger partial charge in [0.2, 0.25) is 0 Å². The Labute approximate surface area is 96.8 Å². The summed E-state index contributed by atoms with van der Waals surface area (Å²) in [6.45, 7) is 5.86. The van der Waals surface area contributed by atoms with E-state index in [9.17, 15) is 4.79 Å². The third kappa shape index (κ3) is 3.40. The molecule has 1 aromatic rings. The summed E-state index contributed by atoms with van der Waals surface area (Å²) in [5, 5.41) is 0. The molecule has 16 heavy (non-hydrogen) atoms. The van der Waals surface area contributed by atoms with Crippen molar-refractivity contribution in [3.8, 4) is 5.95 Å². The number of hydrogen-bond donors (Lipinski definition) is 0. The number of carbonyl (C=O) groups excluding carboxylic acids is 1. The minimum Gasteiger partial charge on any atom is -0.468 e. The predicted molar refractivity (Wildman–Crippen MR) is 62.8 cm³/mol. The van der Waals surface area contributed by atoms with E-state index in [4.69, 9.17) is 9.15 Å². The number of furan rings is 1. The van der Waals surface area contributed by atoms with Crippen molar-refractivity contribution in [1.82, 2.24) is 0 Å². The van der Waals surface area contributed by atoms with Gasteiger partial charge in [-0.15, -0.1) is 0 Å². The standard InChI is InChI=1S/C13H20O3/c1-10(14)6-5-9-13(2,3)11-7-8-12(15-4)16-11/h7-8H,5-6,9H2,1-4H3. The Morgan fingerprint density at radius 1 is 1.44 bits per heavy atom. The highest BCUT2D eigenvalue weighted by Gasteiger charge is 2.24. The van der Waals surface area contributed by atoms with Gasteiger partial charge in [0.15, 0.2) is 0 Å². The normalized spacial score (nSPS) is 11.5. The van der Waals surface area contributed by atoms with E-state index in [1.165, 1.54) is 0 Å². The van der Waals surface area contributed by atoms with Crippen molar-refractivity contribution >= 4 is 5.78 Å². The quantitative estimate of drug-likeness (QED) is 0.744. The van der Waals surface area contributed by atoms with Crippen LogP contribution in [-0.4, -0.2) is 12.9 Å². The van der Waals surface area contributed by atoms with Crippen molar-refractivity contribution in [3.63, 3.8) is 0 Å². The lowest BCUT2D eigenvalue weighted by molar-refractivity contribution is -0.117. The molecule has 0 amide bonds. The number of rotatable bonds is 6. The van der Waals surface area contributed by atoms with Gasteiger partial charge >= 0.3 is 0 Å². The van der Waals surface area contributed by atoms with Crippen molar-refractivity contribution in [2.45, 2.75) is 45.4 Å². The second-order valence-corrected chi connectivity index (χ2v) is 4.76. The average Bonchev–Trinajstić information content (AvgIpc) is 2.65. The molecule has 0 aromatic carbocycles. The Balaban J connectivity index is 2.58. The zero-order valence-corrected chi connectivity index (χ0v) is 10.5. The Morgan fingerprint density at radius 2 is 2.12 bits per heavy atom. The van der Waals surface area contributed by atoms with Crippen molar-refractivity contribution in [1.29, 1.82) is 0 Å². The third-order valence-electron chi connectivity index (χ3n) is 2.78. The van der Waals surface area contributed by atoms with E-state index in [0.717, 1.165) is 18.6 Å². The first-order valence-electron chi connectivity index (χ1n) is 5.59. The van der Waals surface area contributed by atoms with Gasteiger partial charge in [0.25, 0.3) is 5.95 Å². The van der Waals surface area contributed by atoms with Gasteiger partial charge in [0.05, 0.1) is 7.11 Å². The Bertz CT molecular complexity index is 350. The maximum Gasteiger partial charge on any atom is 0.284 e. The molecule has 0 N–H and O–H groups in total. The molecule has 90 valence electrons. The molecule has 0 radical (unpaired) electrons. The van der Waals surface area contributed by atoms with Gasteiger partial charge in [-0.2, -0.15) is 0 Å². The van der Waals surface area contributed by atoms with Gasteiger partial charge in [-0.25, -0.2) is 0 Å². The molecule has 3 heteroatoms. The molecule has 1 heterocycles. The highest BCUT2D eigenvalue weighted by Crippen LogP contribution is 2.32. The fraction of sp³-hybridized carbons (Fsp3) is 0.615. The number of carbonyl (C=O) groups is 1. The summed E-state index contributed by atoms with van der Waals surface area (Å²) < 4.78 is 10.6. The molecule has 1 rings (SSSR count). The number of Topliss-reactive ketones (excluding diaryl/α,β-unsaturated/α-hetero) is 1. The van der Waals surface area contributed by atoms with Crippen LogP contribution in [0.15, 0.2) is 16.5 Å². The van der Waals surface area contributed by atoms with E-state index in [0.29, 0.717) is 12.4 Å². The van der Waals surface area contributed by atoms with Crippen LogP contribution in [0.3, 0.4) is 0 Å². The Kier molecular flexibility index (Phi) is 4.16. The van der Waals surface area contributed by atoms with Gasteiger partial charge in [0, 0.05) is 17.9 Å². The maximum atomic E-state index is 10.9. The Morgan fingerprint density at radius 3 is 2.62 bits per heavy atom. The lowest BCUT2D eigenvalue weighted by atomic mass is 9.84. The molecule has 0 fully saturated rings. The second kappa shape index (κ2) is 5.19. The first kappa shape index (κ1) is 12.8. The largest absolute Gasteiger partial charge is 0.468 e. The van der Waals surface area contributed by atoms with Gasteiger partial charge in [-0.05, 0) is 25.8 Å². The summed E-state index contributed by atoms with van der Waals surface area (Å²) in [7, 11) is 1.59. The molecule has 0 aliphatic rings. The molecule has 3 nitrogen and oxygen atoms in total. The molecular weight excluding hydrogens is 204 g/mol. The average molecular weight is 224 g/mol. The number of ketones is 1. The van der Waals surface area contributed by atoms with Gasteiger partial charge < -0.3 is 13.9 Å². The van der Waals surface area contributed by atoms with E-state index in [2.05, 4.69) is 13.8 Å². The van der Waals surface area contributed by atoms with E-state index >= 15 is 0 Å². The molecule has 0 atom stereocenters. The van der Waals surface area contributed by atoms with Crippen LogP contribution in [0.1, 0.15) is 45.8 Å². The van der Waals surface area contributed by atoms with Crippen LogP contribution in [0.2, 0.25) is 0 Å². The summed E-state index contributed by atoms with van der Waals surface area (Å²) in [6.07, 6.45) is 2.47. The van der Waals surface area contributed by atoms with Crippen molar-refractivity contribution in [2.24, 2.45) is 0 Å². The molecule has 0 saturated heterocycles. The van der Waals surface area contributed by atoms with E-state index < -0.39 is 0 Å². The zero-order chi connectivity index (χ0) is 12.2. The van der Waals surface area contributed by atoms with Crippen molar-refractivity contribution in [2.75, 3.05) is 7.11 Å². The summed E-state index contributed by atoms with van der Waals surface area (Å²) in [5.41, 5.74) is -0.0494.